The van der Waals surface area contributed by atoms with E-state index >= 15 is 0 Å². The Balaban J connectivity index is 3.00. The lowest BCUT2D eigenvalue weighted by atomic mass is 11.2. The average Bonchev–Trinajstić information content (AvgIpc) is 2.14. The van der Waals surface area contributed by atoms with E-state index in [9.17, 15) is 0 Å². The zero-order valence-electron chi connectivity index (χ0n) is 3.83. The van der Waals surface area contributed by atoms with E-state index < -0.39 is 0 Å². The highest BCUT2D eigenvalue weighted by molar-refractivity contribution is 7.09. The maximum Gasteiger partial charge on any atom is 0.236 e. The Morgan fingerprint density at radius 2 is 2.50 bits per heavy atom. The summed E-state index contributed by atoms with van der Waals surface area (Å²) in [5.74, 6) is 0. The number of nitrogens with zero attached hydrogens (tertiary/aromatic N) is 3. The minimum atomic E-state index is 0.234. The first-order valence-corrected chi connectivity index (χ1v) is 2.94. The summed E-state index contributed by atoms with van der Waals surface area (Å²) in [5, 5.41) is 0.743. The molecule has 0 aromatic carbocycles. The van der Waals surface area contributed by atoms with Crippen molar-refractivity contribution < 1.29 is 0 Å². The van der Waals surface area contributed by atoms with E-state index in [0.717, 1.165) is 11.5 Å². The van der Waals surface area contributed by atoms with Gasteiger partial charge in [0.2, 0.25) is 10.4 Å². The van der Waals surface area contributed by atoms with Gasteiger partial charge < -0.3 is 0 Å². The predicted molar refractivity (Wildman–Crippen MR) is 34.1 cm³/mol. The topological polar surface area (TPSA) is 38.1 Å². The largest absolute Gasteiger partial charge is 0.236 e. The zero-order chi connectivity index (χ0) is 5.98. The van der Waals surface area contributed by atoms with Gasteiger partial charge in [-0.3, -0.25) is 0 Å². The predicted octanol–water partition coefficient (Wildman–Crippen LogP) is 1.52. The molecule has 3 nitrogen and oxygen atoms in total. The van der Waals surface area contributed by atoms with Gasteiger partial charge in [-0.05, 0) is 18.3 Å². The van der Waals surface area contributed by atoms with Crippen molar-refractivity contribution in [3.05, 3.63) is 5.28 Å². The van der Waals surface area contributed by atoms with Crippen molar-refractivity contribution in [3.8, 4) is 0 Å². The molecule has 1 rings (SSSR count). The fourth-order valence-corrected chi connectivity index (χ4v) is 0.879. The molecule has 5 heteroatoms. The lowest BCUT2D eigenvalue weighted by molar-refractivity contribution is 1.31. The molecule has 0 radical (unpaired) electrons. The number of hydrogen-bond acceptors (Lipinski definition) is 4. The summed E-state index contributed by atoms with van der Waals surface area (Å²) in [6.07, 6.45) is 0. The van der Waals surface area contributed by atoms with Gasteiger partial charge in [-0.15, -0.1) is 0 Å². The molecule has 0 unspecified atom stereocenters. The maximum absolute atomic E-state index is 5.34. The Morgan fingerprint density at radius 1 is 1.75 bits per heavy atom. The third-order valence-corrected chi connectivity index (χ3v) is 1.44. The van der Waals surface area contributed by atoms with E-state index in [-0.39, 0.29) is 5.28 Å². The number of halogens is 1. The molecule has 1 aromatic rings. The van der Waals surface area contributed by atoms with Gasteiger partial charge in [0.15, 0.2) is 0 Å². The monoisotopic (exact) mass is 147 g/mol. The summed E-state index contributed by atoms with van der Waals surface area (Å²) >= 11 is 6.47. The third-order valence-electron chi connectivity index (χ3n) is 0.526. The molecular weight excluding hydrogens is 146 g/mol. The Bertz CT molecular complexity index is 196. The first-order valence-electron chi connectivity index (χ1n) is 1.79. The molecule has 0 N–H and O–H groups in total. The Morgan fingerprint density at radius 3 is 2.75 bits per heavy atom. The van der Waals surface area contributed by atoms with Crippen LogP contribution >= 0.6 is 23.1 Å². The van der Waals surface area contributed by atoms with E-state index in [0.29, 0.717) is 5.13 Å². The Labute approximate surface area is 55.2 Å². The normalized spacial score (nSPS) is 9.12. The van der Waals surface area contributed by atoms with E-state index in [4.69, 9.17) is 11.6 Å². The van der Waals surface area contributed by atoms with Gasteiger partial charge in [0.1, 0.15) is 0 Å². The van der Waals surface area contributed by atoms with Crippen LogP contribution in [0.1, 0.15) is 0 Å². The van der Waals surface area contributed by atoms with Crippen LogP contribution in [0, 0.1) is 0 Å². The molecule has 0 amide bonds. The summed E-state index contributed by atoms with van der Waals surface area (Å²) in [4.78, 5) is 7.17. The SMILES string of the molecule is C=Nc1nc(Cl)ns1. The molecule has 0 bridgehead atoms. The Hall–Kier alpha value is -0.480. The number of rotatable bonds is 1. The van der Waals surface area contributed by atoms with Gasteiger partial charge in [-0.2, -0.15) is 9.36 Å². The summed E-state index contributed by atoms with van der Waals surface area (Å²) in [5.41, 5.74) is 0. The van der Waals surface area contributed by atoms with Crippen LogP contribution in [-0.4, -0.2) is 16.1 Å². The number of aromatic nitrogens is 2. The molecule has 1 heterocycles. The second kappa shape index (κ2) is 2.19. The van der Waals surface area contributed by atoms with Gasteiger partial charge >= 0.3 is 0 Å². The Kier molecular flexibility index (Phi) is 1.55. The maximum atomic E-state index is 5.34. The average molecular weight is 148 g/mol. The van der Waals surface area contributed by atoms with Crippen molar-refractivity contribution in [2.45, 2.75) is 0 Å². The van der Waals surface area contributed by atoms with Crippen molar-refractivity contribution in [1.82, 2.24) is 9.36 Å². The first kappa shape index (κ1) is 5.65. The molecule has 0 saturated heterocycles. The summed E-state index contributed by atoms with van der Waals surface area (Å²) in [6, 6.07) is 0. The minimum absolute atomic E-state index is 0.234. The highest BCUT2D eigenvalue weighted by Gasteiger charge is 1.94. The molecule has 0 fully saturated rings. The van der Waals surface area contributed by atoms with Crippen LogP contribution in [0.15, 0.2) is 4.99 Å². The summed E-state index contributed by atoms with van der Waals surface area (Å²) < 4.78 is 3.65. The third kappa shape index (κ3) is 1.02. The van der Waals surface area contributed by atoms with Crippen LogP contribution in [0.2, 0.25) is 5.28 Å². The van der Waals surface area contributed by atoms with Crippen molar-refractivity contribution in [1.29, 1.82) is 0 Å². The minimum Gasteiger partial charge on any atom is -0.234 e. The first-order chi connectivity index (χ1) is 3.83. The standard InChI is InChI=1S/C3H2ClN3S/c1-5-3-6-2(4)7-8-3/h1H2. The molecular formula is C3H2ClN3S. The molecule has 0 spiro atoms. The fraction of sp³-hybridized carbons (Fsp3) is 0. The summed E-state index contributed by atoms with van der Waals surface area (Å²) in [6.45, 7) is 3.24. The van der Waals surface area contributed by atoms with Crippen molar-refractivity contribution in [2.75, 3.05) is 0 Å². The van der Waals surface area contributed by atoms with Gasteiger partial charge in [0.05, 0.1) is 0 Å². The second-order valence-corrected chi connectivity index (χ2v) is 2.07. The molecule has 8 heavy (non-hydrogen) atoms. The van der Waals surface area contributed by atoms with Gasteiger partial charge in [0, 0.05) is 11.5 Å². The molecule has 1 aromatic heterocycles. The molecule has 0 aliphatic rings. The van der Waals surface area contributed by atoms with Crippen molar-refractivity contribution in [2.24, 2.45) is 4.99 Å². The molecule has 0 saturated carbocycles. The zero-order valence-corrected chi connectivity index (χ0v) is 5.41. The van der Waals surface area contributed by atoms with Crippen LogP contribution in [0.3, 0.4) is 0 Å². The van der Waals surface area contributed by atoms with E-state index in [1.165, 1.54) is 0 Å². The van der Waals surface area contributed by atoms with Gasteiger partial charge in [-0.1, -0.05) is 0 Å². The van der Waals surface area contributed by atoms with E-state index in [1.54, 1.807) is 0 Å². The van der Waals surface area contributed by atoms with Crippen LogP contribution in [0.25, 0.3) is 0 Å². The van der Waals surface area contributed by atoms with Gasteiger partial charge in [0.25, 0.3) is 0 Å². The number of hydrogen-bond donors (Lipinski definition) is 0. The molecule has 0 aliphatic carbocycles. The molecule has 0 aliphatic heterocycles. The van der Waals surface area contributed by atoms with Crippen molar-refractivity contribution >= 4 is 35.0 Å². The van der Waals surface area contributed by atoms with Crippen LogP contribution in [-0.2, 0) is 0 Å². The second-order valence-electron chi connectivity index (χ2n) is 1.00. The van der Waals surface area contributed by atoms with Gasteiger partial charge in [-0.25, -0.2) is 4.99 Å². The van der Waals surface area contributed by atoms with Crippen molar-refractivity contribution in [3.63, 3.8) is 0 Å². The quantitative estimate of drug-likeness (QED) is 0.565. The molecule has 0 atom stereocenters. The van der Waals surface area contributed by atoms with Crippen LogP contribution in [0.4, 0.5) is 5.13 Å². The summed E-state index contributed by atoms with van der Waals surface area (Å²) in [7, 11) is 0. The molecule has 42 valence electrons. The van der Waals surface area contributed by atoms with E-state index in [2.05, 4.69) is 21.1 Å². The highest BCUT2D eigenvalue weighted by atomic mass is 35.5. The lowest BCUT2D eigenvalue weighted by Crippen LogP contribution is -1.59. The number of aliphatic imine (C=N–C) groups is 1. The highest BCUT2D eigenvalue weighted by Crippen LogP contribution is 2.15. The van der Waals surface area contributed by atoms with Crippen LogP contribution < -0.4 is 0 Å². The van der Waals surface area contributed by atoms with Crippen LogP contribution in [0.5, 0.6) is 0 Å². The smallest absolute Gasteiger partial charge is 0.234 e. The van der Waals surface area contributed by atoms with E-state index in [1.807, 2.05) is 0 Å². The lowest BCUT2D eigenvalue weighted by Gasteiger charge is -1.69. The fourth-order valence-electron chi connectivity index (χ4n) is 0.262.